The van der Waals surface area contributed by atoms with Crippen LogP contribution in [0.15, 0.2) is 42.5 Å². The van der Waals surface area contributed by atoms with Gasteiger partial charge in [-0.2, -0.15) is 23.5 Å². The molecule has 0 aromatic heterocycles. The van der Waals surface area contributed by atoms with Crippen molar-refractivity contribution in [2.75, 3.05) is 37.2 Å². The first-order valence-corrected chi connectivity index (χ1v) is 14.5. The quantitative estimate of drug-likeness (QED) is 0.195. The normalized spacial score (nSPS) is 11.9. The highest BCUT2D eigenvalue weighted by Gasteiger charge is 2.20. The lowest BCUT2D eigenvalue weighted by molar-refractivity contribution is 0.312. The largest absolute Gasteiger partial charge is 0.492 e. The van der Waals surface area contributed by atoms with Gasteiger partial charge in [-0.25, -0.2) is 0 Å². The van der Waals surface area contributed by atoms with Crippen LogP contribution in [0.1, 0.15) is 52.0 Å². The highest BCUT2D eigenvalue weighted by molar-refractivity contribution is 7.98. The van der Waals surface area contributed by atoms with Gasteiger partial charge in [0.1, 0.15) is 11.5 Å². The van der Waals surface area contributed by atoms with Crippen LogP contribution in [0.2, 0.25) is 0 Å². The van der Waals surface area contributed by atoms with Crippen LogP contribution < -0.4 is 9.47 Å². The Kier molecular flexibility index (Phi) is 9.48. The van der Waals surface area contributed by atoms with Gasteiger partial charge in [0, 0.05) is 21.5 Å². The smallest absolute Gasteiger partial charge is 0.135 e. The average molecular weight is 471 g/mol. The van der Waals surface area contributed by atoms with Crippen LogP contribution in [0.4, 0.5) is 0 Å². The SMILES string of the molecule is CSCCCCOc1c2ccccc2c(OCCCCSC)c2cc(C(C)(C)C)ccc12. The second kappa shape index (κ2) is 12.1. The summed E-state index contributed by atoms with van der Waals surface area (Å²) in [6.07, 6.45) is 8.84. The maximum absolute atomic E-state index is 6.49. The van der Waals surface area contributed by atoms with Crippen molar-refractivity contribution in [2.45, 2.75) is 51.9 Å². The fourth-order valence-corrected chi connectivity index (χ4v) is 4.91. The van der Waals surface area contributed by atoms with E-state index in [-0.39, 0.29) is 5.41 Å². The minimum atomic E-state index is 0.0777. The molecule has 0 spiro atoms. The molecule has 3 aromatic rings. The molecule has 0 saturated carbocycles. The fourth-order valence-electron chi connectivity index (χ4n) is 3.92. The van der Waals surface area contributed by atoms with Gasteiger partial charge in [-0.1, -0.05) is 57.2 Å². The van der Waals surface area contributed by atoms with Gasteiger partial charge in [-0.05, 0) is 66.7 Å². The highest BCUT2D eigenvalue weighted by atomic mass is 32.2. The molecule has 0 atom stereocenters. The number of hydrogen-bond acceptors (Lipinski definition) is 4. The molecule has 0 aliphatic carbocycles. The summed E-state index contributed by atoms with van der Waals surface area (Å²) in [5.41, 5.74) is 1.40. The van der Waals surface area contributed by atoms with E-state index in [0.29, 0.717) is 0 Å². The van der Waals surface area contributed by atoms with Crippen LogP contribution in [0.3, 0.4) is 0 Å². The van der Waals surface area contributed by atoms with Crippen LogP contribution in [0.5, 0.6) is 11.5 Å². The molecule has 32 heavy (non-hydrogen) atoms. The van der Waals surface area contributed by atoms with E-state index in [0.717, 1.165) is 53.7 Å². The molecule has 0 amide bonds. The first kappa shape index (κ1) is 25.1. The Morgan fingerprint density at radius 3 is 1.66 bits per heavy atom. The zero-order valence-corrected chi connectivity index (χ0v) is 22.0. The summed E-state index contributed by atoms with van der Waals surface area (Å²) in [7, 11) is 0. The van der Waals surface area contributed by atoms with Crippen molar-refractivity contribution in [3.8, 4) is 11.5 Å². The third-order valence-corrected chi connectivity index (χ3v) is 7.16. The second-order valence-corrected chi connectivity index (χ2v) is 11.3. The van der Waals surface area contributed by atoms with Crippen molar-refractivity contribution in [3.05, 3.63) is 48.0 Å². The second-order valence-electron chi connectivity index (χ2n) is 9.31. The molecule has 0 N–H and O–H groups in total. The van der Waals surface area contributed by atoms with E-state index in [4.69, 9.17) is 9.47 Å². The first-order chi connectivity index (χ1) is 15.5. The van der Waals surface area contributed by atoms with E-state index in [1.54, 1.807) is 0 Å². The summed E-state index contributed by atoms with van der Waals surface area (Å²) in [4.78, 5) is 0. The van der Waals surface area contributed by atoms with Crippen LogP contribution in [-0.2, 0) is 5.41 Å². The van der Waals surface area contributed by atoms with Crippen molar-refractivity contribution in [1.29, 1.82) is 0 Å². The number of ether oxygens (including phenoxy) is 2. The van der Waals surface area contributed by atoms with Gasteiger partial charge in [0.2, 0.25) is 0 Å². The molecule has 0 unspecified atom stereocenters. The molecule has 0 bridgehead atoms. The highest BCUT2D eigenvalue weighted by Crippen LogP contribution is 2.44. The van der Waals surface area contributed by atoms with E-state index >= 15 is 0 Å². The predicted octanol–water partition coefficient (Wildman–Crippen LogP) is 8.33. The van der Waals surface area contributed by atoms with Crippen LogP contribution >= 0.6 is 23.5 Å². The van der Waals surface area contributed by atoms with Crippen molar-refractivity contribution in [3.63, 3.8) is 0 Å². The molecule has 0 saturated heterocycles. The number of thioether (sulfide) groups is 2. The Morgan fingerprint density at radius 2 is 1.16 bits per heavy atom. The molecule has 0 radical (unpaired) electrons. The standard InChI is InChI=1S/C28H38O2S2/c1-28(2,3)21-14-15-24-25(20-21)27(30-17-9-11-19-32-5)23-13-7-6-12-22(23)26(24)29-16-8-10-18-31-4/h6-7,12-15,20H,8-11,16-19H2,1-5H3. The summed E-state index contributed by atoms with van der Waals surface area (Å²) >= 11 is 3.80. The fraction of sp³-hybridized carbons (Fsp3) is 0.500. The maximum Gasteiger partial charge on any atom is 0.135 e. The zero-order chi connectivity index (χ0) is 23.0. The minimum Gasteiger partial charge on any atom is -0.492 e. The monoisotopic (exact) mass is 470 g/mol. The Hall–Kier alpha value is -1.52. The van der Waals surface area contributed by atoms with E-state index in [2.05, 4.69) is 75.7 Å². The minimum absolute atomic E-state index is 0.0777. The van der Waals surface area contributed by atoms with Crippen LogP contribution in [0, 0.1) is 0 Å². The predicted molar refractivity (Wildman–Crippen MR) is 146 cm³/mol. The van der Waals surface area contributed by atoms with E-state index in [1.165, 1.54) is 35.3 Å². The van der Waals surface area contributed by atoms with Crippen molar-refractivity contribution in [1.82, 2.24) is 0 Å². The van der Waals surface area contributed by atoms with Gasteiger partial charge in [-0.3, -0.25) is 0 Å². The van der Waals surface area contributed by atoms with Gasteiger partial charge < -0.3 is 9.47 Å². The topological polar surface area (TPSA) is 18.5 Å². The summed E-state index contributed by atoms with van der Waals surface area (Å²) in [6, 6.07) is 15.4. The van der Waals surface area contributed by atoms with Crippen LogP contribution in [-0.4, -0.2) is 37.2 Å². The van der Waals surface area contributed by atoms with Crippen molar-refractivity contribution >= 4 is 45.1 Å². The number of unbranched alkanes of at least 4 members (excludes halogenated alkanes) is 2. The average Bonchev–Trinajstić information content (AvgIpc) is 2.78. The molecular formula is C28H38O2S2. The Labute approximate surface area is 202 Å². The molecule has 3 aromatic carbocycles. The third-order valence-electron chi connectivity index (χ3n) is 5.77. The Bertz CT molecular complexity index is 1010. The maximum atomic E-state index is 6.49. The van der Waals surface area contributed by atoms with Crippen molar-refractivity contribution < 1.29 is 9.47 Å². The molecule has 0 aliphatic heterocycles. The Morgan fingerprint density at radius 1 is 0.656 bits per heavy atom. The molecule has 0 aliphatic rings. The zero-order valence-electron chi connectivity index (χ0n) is 20.3. The molecule has 0 fully saturated rings. The lowest BCUT2D eigenvalue weighted by Gasteiger charge is -2.22. The molecule has 4 heteroatoms. The van der Waals surface area contributed by atoms with Gasteiger partial charge in [0.05, 0.1) is 13.2 Å². The summed E-state index contributed by atoms with van der Waals surface area (Å²) in [6.45, 7) is 8.29. The number of hydrogen-bond donors (Lipinski definition) is 0. The first-order valence-electron chi connectivity index (χ1n) is 11.7. The third kappa shape index (κ3) is 6.29. The van der Waals surface area contributed by atoms with Gasteiger partial charge >= 0.3 is 0 Å². The van der Waals surface area contributed by atoms with Gasteiger partial charge in [0.25, 0.3) is 0 Å². The van der Waals surface area contributed by atoms with Gasteiger partial charge in [0.15, 0.2) is 0 Å². The summed E-state index contributed by atoms with van der Waals surface area (Å²) < 4.78 is 12.9. The van der Waals surface area contributed by atoms with E-state index in [9.17, 15) is 0 Å². The molecule has 2 nitrogen and oxygen atoms in total. The molecule has 0 heterocycles. The number of rotatable bonds is 12. The lowest BCUT2D eigenvalue weighted by atomic mass is 9.85. The summed E-state index contributed by atoms with van der Waals surface area (Å²) in [5.74, 6) is 4.36. The van der Waals surface area contributed by atoms with E-state index in [1.807, 2.05) is 23.5 Å². The lowest BCUT2D eigenvalue weighted by Crippen LogP contribution is -2.11. The summed E-state index contributed by atoms with van der Waals surface area (Å²) in [5, 5.41) is 4.61. The molecule has 174 valence electrons. The number of benzene rings is 3. The molecule has 3 rings (SSSR count). The molecular weight excluding hydrogens is 432 g/mol. The van der Waals surface area contributed by atoms with Crippen LogP contribution in [0.25, 0.3) is 21.5 Å². The van der Waals surface area contributed by atoms with Crippen molar-refractivity contribution in [2.24, 2.45) is 0 Å². The van der Waals surface area contributed by atoms with E-state index < -0.39 is 0 Å². The number of fused-ring (bicyclic) bond motifs is 2. The Balaban J connectivity index is 2.06. The van der Waals surface area contributed by atoms with Gasteiger partial charge in [-0.15, -0.1) is 0 Å².